The standard InChI is InChI=1S/C31H36F4N6O/c1-19(2)26-15-36-10-11-40(26)16-20-12-23-24(25(13-20)31(33,34)35)17-41(29(23)42)22-7-4-6-21(14-22)30(8-5-9-30)27(32)28-38-37-18-39(28)3/h4,6-7,12-14,18-19,26-27,36H,5,8-11,15-17H2,1-3H3/t26-,27+/m1/s1. The fourth-order valence-corrected chi connectivity index (χ4v) is 6.88. The molecule has 1 saturated carbocycles. The molecule has 224 valence electrons. The lowest BCUT2D eigenvalue weighted by Crippen LogP contribution is -2.53. The number of anilines is 1. The van der Waals surface area contributed by atoms with Crippen LogP contribution in [0.1, 0.15) is 77.7 Å². The largest absolute Gasteiger partial charge is 0.416 e. The minimum Gasteiger partial charge on any atom is -0.318 e. The van der Waals surface area contributed by atoms with Gasteiger partial charge in [0.1, 0.15) is 6.33 Å². The van der Waals surface area contributed by atoms with E-state index in [1.54, 1.807) is 35.9 Å². The summed E-state index contributed by atoms with van der Waals surface area (Å²) in [4.78, 5) is 17.3. The van der Waals surface area contributed by atoms with Crippen LogP contribution < -0.4 is 10.2 Å². The Labute approximate surface area is 242 Å². The summed E-state index contributed by atoms with van der Waals surface area (Å²) < 4.78 is 60.7. The molecule has 3 aromatic rings. The number of rotatable bonds is 7. The summed E-state index contributed by atoms with van der Waals surface area (Å²) in [5.74, 6) is 0.0922. The van der Waals surface area contributed by atoms with Gasteiger partial charge in [0, 0.05) is 55.9 Å². The van der Waals surface area contributed by atoms with Crippen LogP contribution >= 0.6 is 0 Å². The van der Waals surface area contributed by atoms with Gasteiger partial charge in [-0.2, -0.15) is 13.2 Å². The highest BCUT2D eigenvalue weighted by molar-refractivity contribution is 6.10. The predicted octanol–water partition coefficient (Wildman–Crippen LogP) is 5.56. The summed E-state index contributed by atoms with van der Waals surface area (Å²) in [6.45, 7) is 6.62. The van der Waals surface area contributed by atoms with Gasteiger partial charge < -0.3 is 14.8 Å². The van der Waals surface area contributed by atoms with E-state index in [4.69, 9.17) is 0 Å². The molecule has 2 aliphatic heterocycles. The number of aromatic nitrogens is 3. The molecular weight excluding hydrogens is 548 g/mol. The van der Waals surface area contributed by atoms with Crippen molar-refractivity contribution in [3.8, 4) is 0 Å². The summed E-state index contributed by atoms with van der Waals surface area (Å²) in [5, 5.41) is 11.2. The molecule has 3 aliphatic rings. The summed E-state index contributed by atoms with van der Waals surface area (Å²) in [5.41, 5.74) is 0.134. The van der Waals surface area contributed by atoms with E-state index in [1.165, 1.54) is 17.3 Å². The number of hydrogen-bond donors (Lipinski definition) is 1. The molecule has 1 aromatic heterocycles. The summed E-state index contributed by atoms with van der Waals surface area (Å²) in [6.07, 6.45) is -2.50. The highest BCUT2D eigenvalue weighted by Gasteiger charge is 2.49. The minimum atomic E-state index is -4.60. The Bertz CT molecular complexity index is 1480. The number of alkyl halides is 4. The molecule has 0 unspecified atom stereocenters. The number of hydrogen-bond acceptors (Lipinski definition) is 5. The Morgan fingerprint density at radius 1 is 1.17 bits per heavy atom. The Kier molecular flexibility index (Phi) is 7.37. The van der Waals surface area contributed by atoms with Crippen LogP contribution in [-0.4, -0.2) is 51.2 Å². The Morgan fingerprint density at radius 2 is 1.95 bits per heavy atom. The summed E-state index contributed by atoms with van der Waals surface area (Å²) >= 11 is 0. The van der Waals surface area contributed by atoms with Crippen molar-refractivity contribution in [3.63, 3.8) is 0 Å². The number of nitrogens with one attached hydrogen (secondary N) is 1. The van der Waals surface area contributed by atoms with Crippen molar-refractivity contribution in [1.82, 2.24) is 25.0 Å². The van der Waals surface area contributed by atoms with Gasteiger partial charge in [-0.15, -0.1) is 10.2 Å². The van der Waals surface area contributed by atoms with Crippen LogP contribution in [-0.2, 0) is 31.7 Å². The van der Waals surface area contributed by atoms with E-state index in [9.17, 15) is 18.0 Å². The van der Waals surface area contributed by atoms with E-state index in [0.29, 0.717) is 42.1 Å². The lowest BCUT2D eigenvalue weighted by molar-refractivity contribution is -0.138. The highest BCUT2D eigenvalue weighted by atomic mass is 19.4. The first-order valence-electron chi connectivity index (χ1n) is 14.6. The summed E-state index contributed by atoms with van der Waals surface area (Å²) in [7, 11) is 1.70. The molecule has 2 aromatic carbocycles. The molecule has 1 N–H and O–H groups in total. The van der Waals surface area contributed by atoms with Gasteiger partial charge in [0.05, 0.1) is 12.1 Å². The Balaban J connectivity index is 1.33. The van der Waals surface area contributed by atoms with Crippen molar-refractivity contribution >= 4 is 11.6 Å². The molecule has 1 amide bonds. The van der Waals surface area contributed by atoms with Crippen molar-refractivity contribution in [2.45, 2.75) is 70.0 Å². The molecule has 6 rings (SSSR count). The maximum absolute atomic E-state index is 16.0. The van der Waals surface area contributed by atoms with Gasteiger partial charge in [0.25, 0.3) is 5.91 Å². The first-order chi connectivity index (χ1) is 20.0. The number of piperazine rings is 1. The molecule has 0 bridgehead atoms. The van der Waals surface area contributed by atoms with Crippen LogP contribution in [0.5, 0.6) is 0 Å². The number of fused-ring (bicyclic) bond motifs is 1. The molecule has 1 aliphatic carbocycles. The van der Waals surface area contributed by atoms with Gasteiger partial charge in [-0.1, -0.05) is 32.4 Å². The third kappa shape index (κ3) is 4.90. The average Bonchev–Trinajstić information content (AvgIpc) is 3.50. The van der Waals surface area contributed by atoms with Crippen LogP contribution in [0.25, 0.3) is 0 Å². The van der Waals surface area contributed by atoms with Gasteiger partial charge in [0.15, 0.2) is 12.0 Å². The van der Waals surface area contributed by atoms with E-state index >= 15 is 4.39 Å². The smallest absolute Gasteiger partial charge is 0.318 e. The van der Waals surface area contributed by atoms with Crippen molar-refractivity contribution < 1.29 is 22.4 Å². The molecule has 1 saturated heterocycles. The molecular formula is C31H36F4N6O. The first-order valence-corrected chi connectivity index (χ1v) is 14.6. The molecule has 42 heavy (non-hydrogen) atoms. The van der Waals surface area contributed by atoms with Crippen LogP contribution in [0.4, 0.5) is 23.2 Å². The SMILES string of the molecule is CC(C)[C@H]1CNCCN1Cc1cc2c(c(C(F)(F)F)c1)CN(c1cccc(C3([C@@H](F)c4nncn4C)CCC3)c1)C2=O. The number of carbonyl (C=O) groups is 1. The number of amides is 1. The monoisotopic (exact) mass is 584 g/mol. The van der Waals surface area contributed by atoms with E-state index in [0.717, 1.165) is 26.1 Å². The Hall–Kier alpha value is -3.31. The van der Waals surface area contributed by atoms with Crippen molar-refractivity contribution in [3.05, 3.63) is 76.4 Å². The molecule has 3 heterocycles. The van der Waals surface area contributed by atoms with Crippen LogP contribution in [0.2, 0.25) is 0 Å². The fraction of sp³-hybridized carbons (Fsp3) is 0.516. The maximum atomic E-state index is 16.0. The lowest BCUT2D eigenvalue weighted by Gasteiger charge is -2.44. The second-order valence-corrected chi connectivity index (χ2v) is 12.3. The van der Waals surface area contributed by atoms with Crippen molar-refractivity contribution in [1.29, 1.82) is 0 Å². The Morgan fingerprint density at radius 3 is 2.60 bits per heavy atom. The number of carbonyl (C=O) groups excluding carboxylic acids is 1. The molecule has 2 atom stereocenters. The highest BCUT2D eigenvalue weighted by Crippen LogP contribution is 2.54. The van der Waals surface area contributed by atoms with Crippen molar-refractivity contribution in [2.75, 3.05) is 24.5 Å². The van der Waals surface area contributed by atoms with Crippen LogP contribution in [0.15, 0.2) is 42.7 Å². The van der Waals surface area contributed by atoms with Gasteiger partial charge in [0.2, 0.25) is 0 Å². The van der Waals surface area contributed by atoms with Gasteiger partial charge in [-0.3, -0.25) is 9.69 Å². The quantitative estimate of drug-likeness (QED) is 0.369. The maximum Gasteiger partial charge on any atom is 0.416 e. The number of halogens is 4. The second kappa shape index (κ2) is 10.8. The zero-order chi connectivity index (χ0) is 29.8. The first kappa shape index (κ1) is 28.8. The summed E-state index contributed by atoms with van der Waals surface area (Å²) in [6, 6.07) is 10.1. The zero-order valence-corrected chi connectivity index (χ0v) is 24.1. The van der Waals surface area contributed by atoms with E-state index in [2.05, 4.69) is 34.3 Å². The van der Waals surface area contributed by atoms with Crippen LogP contribution in [0.3, 0.4) is 0 Å². The molecule has 2 fully saturated rings. The normalized spacial score (nSPS) is 21.5. The topological polar surface area (TPSA) is 66.3 Å². The van der Waals surface area contributed by atoms with Crippen molar-refractivity contribution in [2.24, 2.45) is 13.0 Å². The third-order valence-electron chi connectivity index (χ3n) is 9.40. The average molecular weight is 585 g/mol. The van der Waals surface area contributed by atoms with E-state index < -0.39 is 29.2 Å². The van der Waals surface area contributed by atoms with E-state index in [1.807, 2.05) is 6.07 Å². The lowest BCUT2D eigenvalue weighted by atomic mass is 9.61. The third-order valence-corrected chi connectivity index (χ3v) is 9.40. The minimum absolute atomic E-state index is 0.0109. The fourth-order valence-electron chi connectivity index (χ4n) is 6.88. The number of benzene rings is 2. The van der Waals surface area contributed by atoms with Crippen LogP contribution in [0, 0.1) is 5.92 Å². The van der Waals surface area contributed by atoms with E-state index in [-0.39, 0.29) is 29.5 Å². The zero-order valence-electron chi connectivity index (χ0n) is 24.1. The van der Waals surface area contributed by atoms with Gasteiger partial charge in [-0.25, -0.2) is 4.39 Å². The molecule has 7 nitrogen and oxygen atoms in total. The number of aryl methyl sites for hydroxylation is 1. The number of nitrogens with zero attached hydrogens (tertiary/aromatic N) is 5. The predicted molar refractivity (Wildman–Crippen MR) is 151 cm³/mol. The molecule has 11 heteroatoms. The van der Waals surface area contributed by atoms with Gasteiger partial charge >= 0.3 is 6.18 Å². The molecule has 0 spiro atoms. The second-order valence-electron chi connectivity index (χ2n) is 12.3. The van der Waals surface area contributed by atoms with Gasteiger partial charge in [-0.05, 0) is 59.7 Å². The molecule has 0 radical (unpaired) electrons.